The summed E-state index contributed by atoms with van der Waals surface area (Å²) in [6.07, 6.45) is 1.03. The van der Waals surface area contributed by atoms with E-state index in [9.17, 15) is 0 Å². The number of thiocarbonyl (C=S) groups is 1. The fraction of sp³-hybridized carbons (Fsp3) is 0.556. The molecule has 0 radical (unpaired) electrons. The number of rotatable bonds is 2. The minimum atomic E-state index is 0.776. The zero-order valence-corrected chi connectivity index (χ0v) is 8.43. The highest BCUT2D eigenvalue weighted by atomic mass is 32.1. The van der Waals surface area contributed by atoms with Crippen LogP contribution in [0.1, 0.15) is 27.2 Å². The summed E-state index contributed by atoms with van der Waals surface area (Å²) >= 11 is 5.02. The average Bonchev–Trinajstić information content (AvgIpc) is 2.02. The molecule has 0 spiro atoms. The first-order valence-electron chi connectivity index (χ1n) is 3.76. The van der Waals surface area contributed by atoms with E-state index in [0.717, 1.165) is 17.0 Å². The van der Waals surface area contributed by atoms with E-state index in [1.54, 1.807) is 0 Å². The molecule has 0 bridgehead atoms. The second-order valence-electron chi connectivity index (χ2n) is 2.46. The summed E-state index contributed by atoms with van der Waals surface area (Å²) < 4.78 is 0. The molecule has 2 heteroatoms. The van der Waals surface area contributed by atoms with Gasteiger partial charge in [-0.2, -0.15) is 0 Å². The lowest BCUT2D eigenvalue weighted by molar-refractivity contribution is 1.10. The number of hydrogen-bond donors (Lipinski definition) is 1. The molecule has 0 aromatic rings. The van der Waals surface area contributed by atoms with Crippen molar-refractivity contribution in [3.05, 3.63) is 16.9 Å². The van der Waals surface area contributed by atoms with Crippen molar-refractivity contribution in [3.63, 3.8) is 0 Å². The Morgan fingerprint density at radius 3 is 2.36 bits per heavy atom. The van der Waals surface area contributed by atoms with Crippen LogP contribution in [0.15, 0.2) is 16.9 Å². The fourth-order valence-electron chi connectivity index (χ4n) is 0.653. The Hall–Kier alpha value is -0.590. The van der Waals surface area contributed by atoms with Crippen molar-refractivity contribution in [3.8, 4) is 0 Å². The summed E-state index contributed by atoms with van der Waals surface area (Å²) in [6.45, 7) is 6.14. The van der Waals surface area contributed by atoms with E-state index in [0.29, 0.717) is 0 Å². The molecule has 11 heavy (non-hydrogen) atoms. The maximum atomic E-state index is 5.02. The Labute approximate surface area is 74.2 Å². The molecule has 0 saturated heterocycles. The van der Waals surface area contributed by atoms with E-state index in [-0.39, 0.29) is 0 Å². The summed E-state index contributed by atoms with van der Waals surface area (Å²) in [7, 11) is 1.83. The van der Waals surface area contributed by atoms with Gasteiger partial charge in [-0.1, -0.05) is 19.1 Å². The molecule has 0 heterocycles. The quantitative estimate of drug-likeness (QED) is 0.387. The maximum absolute atomic E-state index is 5.02. The van der Waals surface area contributed by atoms with E-state index in [4.69, 9.17) is 12.2 Å². The van der Waals surface area contributed by atoms with Crippen LogP contribution in [0.25, 0.3) is 0 Å². The van der Waals surface area contributed by atoms with Crippen molar-refractivity contribution < 1.29 is 0 Å². The van der Waals surface area contributed by atoms with Gasteiger partial charge in [0.15, 0.2) is 0 Å². The van der Waals surface area contributed by atoms with Crippen LogP contribution in [0.2, 0.25) is 0 Å². The highest BCUT2D eigenvalue weighted by Crippen LogP contribution is 1.99. The third-order valence-electron chi connectivity index (χ3n) is 1.50. The summed E-state index contributed by atoms with van der Waals surface area (Å²) in [5, 5.41) is 2.91. The summed E-state index contributed by atoms with van der Waals surface area (Å²) in [5.41, 5.74) is 5.46. The highest BCUT2D eigenvalue weighted by molar-refractivity contribution is 7.80. The SMILES string of the molecule is CCC(C)=C=C(C)C(=S)NC. The Kier molecular flexibility index (Phi) is 4.84. The molecular weight excluding hydrogens is 154 g/mol. The van der Waals surface area contributed by atoms with Gasteiger partial charge in [-0.05, 0) is 25.8 Å². The van der Waals surface area contributed by atoms with Crippen molar-refractivity contribution in [2.24, 2.45) is 0 Å². The summed E-state index contributed by atoms with van der Waals surface area (Å²) in [4.78, 5) is 0.776. The zero-order valence-electron chi connectivity index (χ0n) is 7.62. The number of nitrogens with one attached hydrogen (secondary N) is 1. The van der Waals surface area contributed by atoms with Crippen LogP contribution in [0.3, 0.4) is 0 Å². The molecule has 0 unspecified atom stereocenters. The van der Waals surface area contributed by atoms with E-state index >= 15 is 0 Å². The van der Waals surface area contributed by atoms with E-state index in [2.05, 4.69) is 24.9 Å². The lowest BCUT2D eigenvalue weighted by Gasteiger charge is -1.98. The van der Waals surface area contributed by atoms with Crippen LogP contribution in [-0.2, 0) is 0 Å². The molecule has 1 N–H and O–H groups in total. The molecule has 62 valence electrons. The van der Waals surface area contributed by atoms with Crippen molar-refractivity contribution in [1.82, 2.24) is 5.32 Å². The van der Waals surface area contributed by atoms with Gasteiger partial charge in [0.2, 0.25) is 0 Å². The molecule has 1 nitrogen and oxygen atoms in total. The van der Waals surface area contributed by atoms with E-state index < -0.39 is 0 Å². The van der Waals surface area contributed by atoms with Crippen molar-refractivity contribution in [1.29, 1.82) is 0 Å². The first-order chi connectivity index (χ1) is 5.11. The smallest absolute Gasteiger partial charge is 0.109 e. The normalized spacial score (nSPS) is 8.36. The van der Waals surface area contributed by atoms with Gasteiger partial charge in [0.25, 0.3) is 0 Å². The van der Waals surface area contributed by atoms with E-state index in [1.807, 2.05) is 14.0 Å². The van der Waals surface area contributed by atoms with Gasteiger partial charge in [0.1, 0.15) is 4.99 Å². The largest absolute Gasteiger partial charge is 0.379 e. The second kappa shape index (κ2) is 5.11. The standard InChI is InChI=1S/C9H15NS/c1-5-7(2)6-8(3)9(11)10-4/h5H2,1-4H3,(H,10,11). The number of likely N-dealkylation sites (N-methyl/N-ethyl adjacent to an activating group) is 1. The molecule has 0 amide bonds. The molecule has 0 rings (SSSR count). The first kappa shape index (κ1) is 10.4. The Morgan fingerprint density at radius 1 is 1.45 bits per heavy atom. The van der Waals surface area contributed by atoms with Crippen LogP contribution >= 0.6 is 12.2 Å². The summed E-state index contributed by atoms with van der Waals surface area (Å²) in [5.74, 6) is 0. The van der Waals surface area contributed by atoms with Gasteiger partial charge in [-0.3, -0.25) is 0 Å². The molecule has 0 aliphatic carbocycles. The Balaban J connectivity index is 4.56. The zero-order chi connectivity index (χ0) is 8.85. The Bertz CT molecular complexity index is 210. The summed E-state index contributed by atoms with van der Waals surface area (Å²) in [6, 6.07) is 0. The molecule has 0 aromatic carbocycles. The first-order valence-corrected chi connectivity index (χ1v) is 4.17. The van der Waals surface area contributed by atoms with Gasteiger partial charge in [0, 0.05) is 12.6 Å². The highest BCUT2D eigenvalue weighted by Gasteiger charge is 1.92. The predicted molar refractivity (Wildman–Crippen MR) is 53.8 cm³/mol. The monoisotopic (exact) mass is 169 g/mol. The van der Waals surface area contributed by atoms with Crippen LogP contribution in [0, 0.1) is 0 Å². The molecule has 0 aromatic heterocycles. The van der Waals surface area contributed by atoms with Gasteiger partial charge in [0.05, 0.1) is 0 Å². The van der Waals surface area contributed by atoms with Gasteiger partial charge < -0.3 is 5.32 Å². The Morgan fingerprint density at radius 2 is 2.00 bits per heavy atom. The minimum Gasteiger partial charge on any atom is -0.379 e. The van der Waals surface area contributed by atoms with Crippen LogP contribution in [0.4, 0.5) is 0 Å². The van der Waals surface area contributed by atoms with Gasteiger partial charge in [-0.15, -0.1) is 5.73 Å². The lowest BCUT2D eigenvalue weighted by atomic mass is 10.2. The lowest BCUT2D eigenvalue weighted by Crippen LogP contribution is -2.15. The second-order valence-corrected chi connectivity index (χ2v) is 2.87. The molecule has 0 atom stereocenters. The van der Waals surface area contributed by atoms with Gasteiger partial charge >= 0.3 is 0 Å². The molecule has 0 aliphatic rings. The van der Waals surface area contributed by atoms with Crippen LogP contribution in [0.5, 0.6) is 0 Å². The molecular formula is C9H15NS. The third-order valence-corrected chi connectivity index (χ3v) is 2.01. The molecule has 0 saturated carbocycles. The third kappa shape index (κ3) is 3.97. The fourth-order valence-corrected chi connectivity index (χ4v) is 0.704. The van der Waals surface area contributed by atoms with Crippen molar-refractivity contribution >= 4 is 17.2 Å². The predicted octanol–water partition coefficient (Wildman–Crippen LogP) is 2.43. The van der Waals surface area contributed by atoms with Crippen molar-refractivity contribution in [2.75, 3.05) is 7.05 Å². The van der Waals surface area contributed by atoms with Crippen molar-refractivity contribution in [2.45, 2.75) is 27.2 Å². The van der Waals surface area contributed by atoms with Gasteiger partial charge in [-0.25, -0.2) is 0 Å². The molecule has 0 aliphatic heterocycles. The van der Waals surface area contributed by atoms with Crippen LogP contribution < -0.4 is 5.32 Å². The topological polar surface area (TPSA) is 12.0 Å². The van der Waals surface area contributed by atoms with Crippen LogP contribution in [-0.4, -0.2) is 12.0 Å². The molecule has 0 fully saturated rings. The maximum Gasteiger partial charge on any atom is 0.109 e. The average molecular weight is 169 g/mol. The minimum absolute atomic E-state index is 0.776. The number of hydrogen-bond acceptors (Lipinski definition) is 1. The van der Waals surface area contributed by atoms with E-state index in [1.165, 1.54) is 5.57 Å².